The predicted molar refractivity (Wildman–Crippen MR) is 58.7 cm³/mol. The summed E-state index contributed by atoms with van der Waals surface area (Å²) in [7, 11) is 0. The van der Waals surface area contributed by atoms with E-state index in [2.05, 4.69) is 5.32 Å². The first kappa shape index (κ1) is 15.4. The van der Waals surface area contributed by atoms with E-state index >= 15 is 0 Å². The minimum Gasteiger partial charge on any atom is -0.363 e. The molecule has 0 spiro atoms. The number of ether oxygens (including phenoxy) is 1. The van der Waals surface area contributed by atoms with Crippen molar-refractivity contribution in [1.29, 1.82) is 0 Å². The molecule has 1 saturated heterocycles. The fourth-order valence-electron chi connectivity index (χ4n) is 1.27. The smallest absolute Gasteiger partial charge is 0.108 e. The summed E-state index contributed by atoms with van der Waals surface area (Å²) in [5, 5.41) is 3.28. The lowest BCUT2D eigenvalue weighted by atomic mass is 10.3. The Balaban J connectivity index is 0. The Kier molecular flexibility index (Phi) is 11.8. The van der Waals surface area contributed by atoms with Gasteiger partial charge in [-0.25, -0.2) is 0 Å². The lowest BCUT2D eigenvalue weighted by molar-refractivity contribution is 0.0415. The van der Waals surface area contributed by atoms with E-state index < -0.39 is 0 Å². The molecule has 82 valence electrons. The molecular formula is C10H26N2O. The summed E-state index contributed by atoms with van der Waals surface area (Å²) in [4.78, 5) is 0. The number of hydrogen-bond acceptors (Lipinski definition) is 3. The summed E-state index contributed by atoms with van der Waals surface area (Å²) in [6, 6.07) is 0. The molecule has 3 nitrogen and oxygen atoms in total. The standard InChI is InChI=1S/C8H18N2O.2CH4/c9-5-1-2-7-11-8-4-3-6-10-8;;/h8,10H,1-7,9H2;2*1H4. The molecule has 1 heterocycles. The van der Waals surface area contributed by atoms with Crippen LogP contribution in [0, 0.1) is 0 Å². The van der Waals surface area contributed by atoms with Crippen molar-refractivity contribution in [3.8, 4) is 0 Å². The first-order valence-electron chi connectivity index (χ1n) is 4.48. The third-order valence-corrected chi connectivity index (χ3v) is 1.93. The van der Waals surface area contributed by atoms with Crippen molar-refractivity contribution in [2.45, 2.75) is 46.8 Å². The molecule has 1 atom stereocenters. The molecule has 1 fully saturated rings. The molecule has 0 aromatic carbocycles. The first-order chi connectivity index (χ1) is 5.43. The highest BCUT2D eigenvalue weighted by atomic mass is 16.5. The molecule has 3 heteroatoms. The van der Waals surface area contributed by atoms with Crippen LogP contribution in [0.1, 0.15) is 40.5 Å². The van der Waals surface area contributed by atoms with E-state index in [1.807, 2.05) is 0 Å². The number of nitrogens with two attached hydrogens (primary N) is 1. The van der Waals surface area contributed by atoms with Crippen LogP contribution in [-0.4, -0.2) is 25.9 Å². The van der Waals surface area contributed by atoms with Crippen LogP contribution in [0.25, 0.3) is 0 Å². The zero-order chi connectivity index (χ0) is 7.94. The Morgan fingerprint density at radius 2 is 2.08 bits per heavy atom. The topological polar surface area (TPSA) is 47.3 Å². The second-order valence-corrected chi connectivity index (χ2v) is 2.95. The van der Waals surface area contributed by atoms with Crippen LogP contribution in [0.4, 0.5) is 0 Å². The van der Waals surface area contributed by atoms with Crippen LogP contribution < -0.4 is 11.1 Å². The maximum atomic E-state index is 5.54. The van der Waals surface area contributed by atoms with E-state index in [0.29, 0.717) is 6.23 Å². The molecule has 0 bridgehead atoms. The lowest BCUT2D eigenvalue weighted by Gasteiger charge is -2.10. The fourth-order valence-corrected chi connectivity index (χ4v) is 1.27. The molecule has 0 radical (unpaired) electrons. The molecule has 1 unspecified atom stereocenters. The average molecular weight is 190 g/mol. The first-order valence-corrected chi connectivity index (χ1v) is 4.48. The highest BCUT2D eigenvalue weighted by Crippen LogP contribution is 2.06. The highest BCUT2D eigenvalue weighted by molar-refractivity contribution is 4.64. The average Bonchev–Trinajstić information content (AvgIpc) is 2.50. The van der Waals surface area contributed by atoms with Crippen LogP contribution in [0.3, 0.4) is 0 Å². The van der Waals surface area contributed by atoms with E-state index in [9.17, 15) is 0 Å². The molecular weight excluding hydrogens is 164 g/mol. The van der Waals surface area contributed by atoms with Gasteiger partial charge in [-0.05, 0) is 38.8 Å². The van der Waals surface area contributed by atoms with Gasteiger partial charge in [0.15, 0.2) is 0 Å². The van der Waals surface area contributed by atoms with Crippen molar-refractivity contribution in [2.24, 2.45) is 5.73 Å². The number of nitrogens with one attached hydrogen (secondary N) is 1. The van der Waals surface area contributed by atoms with Gasteiger partial charge in [-0.2, -0.15) is 0 Å². The van der Waals surface area contributed by atoms with Crippen LogP contribution in [0.15, 0.2) is 0 Å². The molecule has 1 aliphatic heterocycles. The van der Waals surface area contributed by atoms with Gasteiger partial charge in [0.05, 0.1) is 0 Å². The second-order valence-electron chi connectivity index (χ2n) is 2.95. The highest BCUT2D eigenvalue weighted by Gasteiger charge is 2.12. The lowest BCUT2D eigenvalue weighted by Crippen LogP contribution is -2.25. The van der Waals surface area contributed by atoms with Gasteiger partial charge in [-0.3, -0.25) is 5.32 Å². The Hall–Kier alpha value is -0.120. The van der Waals surface area contributed by atoms with Gasteiger partial charge in [0.1, 0.15) is 6.23 Å². The normalized spacial score (nSPS) is 20.5. The molecule has 0 amide bonds. The van der Waals surface area contributed by atoms with Crippen LogP contribution in [-0.2, 0) is 4.74 Å². The van der Waals surface area contributed by atoms with Crippen LogP contribution >= 0.6 is 0 Å². The number of hydrogen-bond donors (Lipinski definition) is 2. The third-order valence-electron chi connectivity index (χ3n) is 1.93. The number of unbranched alkanes of at least 4 members (excludes halogenated alkanes) is 1. The summed E-state index contributed by atoms with van der Waals surface area (Å²) in [5.41, 5.74) is 5.35. The Morgan fingerprint density at radius 1 is 1.31 bits per heavy atom. The van der Waals surface area contributed by atoms with Crippen molar-refractivity contribution >= 4 is 0 Å². The quantitative estimate of drug-likeness (QED) is 0.649. The maximum absolute atomic E-state index is 5.54. The van der Waals surface area contributed by atoms with E-state index in [4.69, 9.17) is 10.5 Å². The van der Waals surface area contributed by atoms with Gasteiger partial charge >= 0.3 is 0 Å². The van der Waals surface area contributed by atoms with Crippen molar-refractivity contribution in [1.82, 2.24) is 5.32 Å². The van der Waals surface area contributed by atoms with Crippen LogP contribution in [0.5, 0.6) is 0 Å². The van der Waals surface area contributed by atoms with Crippen molar-refractivity contribution < 1.29 is 4.74 Å². The van der Waals surface area contributed by atoms with Gasteiger partial charge < -0.3 is 10.5 Å². The summed E-state index contributed by atoms with van der Waals surface area (Å²) in [6.45, 7) is 2.75. The molecule has 3 N–H and O–H groups in total. The van der Waals surface area contributed by atoms with Gasteiger partial charge in [-0.15, -0.1) is 0 Å². The molecule has 1 aliphatic rings. The Bertz CT molecular complexity index is 92.9. The molecule has 0 aromatic rings. The largest absolute Gasteiger partial charge is 0.363 e. The minimum atomic E-state index is 0. The van der Waals surface area contributed by atoms with Gasteiger partial charge in [0, 0.05) is 6.61 Å². The zero-order valence-electron chi connectivity index (χ0n) is 7.01. The van der Waals surface area contributed by atoms with E-state index in [1.165, 1.54) is 12.8 Å². The van der Waals surface area contributed by atoms with Crippen molar-refractivity contribution in [2.75, 3.05) is 19.7 Å². The second kappa shape index (κ2) is 9.96. The summed E-state index contributed by atoms with van der Waals surface area (Å²) in [5.74, 6) is 0. The Morgan fingerprint density at radius 3 is 2.62 bits per heavy atom. The Labute approximate surface area is 83.0 Å². The summed E-state index contributed by atoms with van der Waals surface area (Å²) < 4.78 is 5.54. The molecule has 0 saturated carbocycles. The maximum Gasteiger partial charge on any atom is 0.108 e. The molecule has 0 aliphatic carbocycles. The summed E-state index contributed by atoms with van der Waals surface area (Å²) in [6.07, 6.45) is 4.92. The molecule has 0 aromatic heterocycles. The van der Waals surface area contributed by atoms with Gasteiger partial charge in [-0.1, -0.05) is 14.9 Å². The minimum absolute atomic E-state index is 0. The van der Waals surface area contributed by atoms with E-state index in [1.54, 1.807) is 0 Å². The molecule has 13 heavy (non-hydrogen) atoms. The van der Waals surface area contributed by atoms with E-state index in [0.717, 1.165) is 32.5 Å². The van der Waals surface area contributed by atoms with Gasteiger partial charge in [0.25, 0.3) is 0 Å². The van der Waals surface area contributed by atoms with Gasteiger partial charge in [0.2, 0.25) is 0 Å². The SMILES string of the molecule is C.C.NCCCCOC1CCCN1. The van der Waals surface area contributed by atoms with Crippen molar-refractivity contribution in [3.63, 3.8) is 0 Å². The molecule has 1 rings (SSSR count). The summed E-state index contributed by atoms with van der Waals surface area (Å²) >= 11 is 0. The van der Waals surface area contributed by atoms with E-state index in [-0.39, 0.29) is 14.9 Å². The predicted octanol–water partition coefficient (Wildman–Crippen LogP) is 1.72. The van der Waals surface area contributed by atoms with Crippen LogP contribution in [0.2, 0.25) is 0 Å². The number of rotatable bonds is 5. The van der Waals surface area contributed by atoms with Crippen molar-refractivity contribution in [3.05, 3.63) is 0 Å². The monoisotopic (exact) mass is 190 g/mol. The zero-order valence-corrected chi connectivity index (χ0v) is 7.01. The third kappa shape index (κ3) is 6.99. The fraction of sp³-hybridized carbons (Fsp3) is 1.00.